The quantitative estimate of drug-likeness (QED) is 0.729. The summed E-state index contributed by atoms with van der Waals surface area (Å²) in [6.45, 7) is 0.230. The number of pyridine rings is 1. The number of nitrogens with two attached hydrogens (primary N) is 1. The summed E-state index contributed by atoms with van der Waals surface area (Å²) in [5.41, 5.74) is 7.14. The molecule has 0 saturated heterocycles. The van der Waals surface area contributed by atoms with E-state index in [1.807, 2.05) is 29.9 Å². The summed E-state index contributed by atoms with van der Waals surface area (Å²) >= 11 is 0. The van der Waals surface area contributed by atoms with Crippen LogP contribution < -0.4 is 5.73 Å². The van der Waals surface area contributed by atoms with Gasteiger partial charge in [-0.3, -0.25) is 0 Å². The van der Waals surface area contributed by atoms with Crippen LogP contribution in [0.1, 0.15) is 11.7 Å². The van der Waals surface area contributed by atoms with Gasteiger partial charge in [0, 0.05) is 36.9 Å². The van der Waals surface area contributed by atoms with Crippen molar-refractivity contribution in [2.24, 2.45) is 12.8 Å². The Hall–Kier alpha value is -1.39. The first-order valence-electron chi connectivity index (χ1n) is 4.52. The fourth-order valence-corrected chi connectivity index (χ4v) is 1.64. The maximum absolute atomic E-state index is 9.67. The summed E-state index contributed by atoms with van der Waals surface area (Å²) in [7, 11) is 1.90. The largest absolute Gasteiger partial charge is 0.387 e. The van der Waals surface area contributed by atoms with Crippen LogP contribution in [0, 0.1) is 0 Å². The third kappa shape index (κ3) is 1.29. The highest BCUT2D eigenvalue weighted by Crippen LogP contribution is 2.23. The van der Waals surface area contributed by atoms with Gasteiger partial charge >= 0.3 is 0 Å². The first-order valence-corrected chi connectivity index (χ1v) is 4.52. The smallest absolute Gasteiger partial charge is 0.139 e. The number of aliphatic hydroxyl groups excluding tert-OH is 1. The molecule has 2 heterocycles. The molecule has 0 radical (unpaired) electrons. The molecule has 0 aromatic carbocycles. The molecule has 0 amide bonds. The highest BCUT2D eigenvalue weighted by molar-refractivity contribution is 5.80. The number of aliphatic hydroxyl groups is 1. The number of nitrogens with zero attached hydrogens (tertiary/aromatic N) is 2. The molecule has 0 saturated carbocycles. The van der Waals surface area contributed by atoms with Crippen LogP contribution in [0.5, 0.6) is 0 Å². The Morgan fingerprint density at radius 1 is 1.64 bits per heavy atom. The normalized spacial score (nSPS) is 13.4. The maximum Gasteiger partial charge on any atom is 0.139 e. The zero-order chi connectivity index (χ0) is 10.1. The third-order valence-electron chi connectivity index (χ3n) is 2.35. The van der Waals surface area contributed by atoms with Gasteiger partial charge in [-0.15, -0.1) is 0 Å². The molecule has 0 spiro atoms. The highest BCUT2D eigenvalue weighted by Gasteiger charge is 2.12. The molecule has 2 aromatic rings. The third-order valence-corrected chi connectivity index (χ3v) is 2.35. The lowest BCUT2D eigenvalue weighted by atomic mass is 10.1. The average Bonchev–Trinajstić information content (AvgIpc) is 2.56. The average molecular weight is 191 g/mol. The van der Waals surface area contributed by atoms with E-state index in [1.165, 1.54) is 0 Å². The van der Waals surface area contributed by atoms with Crippen molar-refractivity contribution in [3.8, 4) is 0 Å². The summed E-state index contributed by atoms with van der Waals surface area (Å²) in [6.07, 6.45) is 3.00. The standard InChI is InChI=1S/C10H13N3O/c1-13-6-8(9(14)5-11)7-3-2-4-12-10(7)13/h2-4,6,9,14H,5,11H2,1H3/t9-/m1/s1. The minimum atomic E-state index is -0.608. The predicted octanol–water partition coefficient (Wildman–Crippen LogP) is 0.565. The van der Waals surface area contributed by atoms with E-state index in [0.717, 1.165) is 16.6 Å². The minimum Gasteiger partial charge on any atom is -0.387 e. The molecular formula is C10H13N3O. The van der Waals surface area contributed by atoms with Crippen LogP contribution in [-0.4, -0.2) is 21.2 Å². The van der Waals surface area contributed by atoms with E-state index in [4.69, 9.17) is 5.73 Å². The van der Waals surface area contributed by atoms with Crippen LogP contribution >= 0.6 is 0 Å². The van der Waals surface area contributed by atoms with Gasteiger partial charge in [-0.2, -0.15) is 0 Å². The molecule has 74 valence electrons. The molecule has 4 heteroatoms. The number of fused-ring (bicyclic) bond motifs is 1. The number of hydrogen-bond donors (Lipinski definition) is 2. The molecule has 0 unspecified atom stereocenters. The molecule has 1 atom stereocenters. The molecule has 0 aliphatic carbocycles. The van der Waals surface area contributed by atoms with Crippen molar-refractivity contribution in [1.29, 1.82) is 0 Å². The van der Waals surface area contributed by atoms with E-state index >= 15 is 0 Å². The Labute approximate surface area is 82.0 Å². The molecule has 2 aromatic heterocycles. The van der Waals surface area contributed by atoms with Gasteiger partial charge in [0.25, 0.3) is 0 Å². The monoisotopic (exact) mass is 191 g/mol. The Balaban J connectivity index is 2.66. The lowest BCUT2D eigenvalue weighted by molar-refractivity contribution is 0.188. The molecule has 14 heavy (non-hydrogen) atoms. The minimum absolute atomic E-state index is 0.230. The predicted molar refractivity (Wildman–Crippen MR) is 54.7 cm³/mol. The lowest BCUT2D eigenvalue weighted by Crippen LogP contribution is -2.10. The summed E-state index contributed by atoms with van der Waals surface area (Å²) in [4.78, 5) is 4.23. The van der Waals surface area contributed by atoms with E-state index < -0.39 is 6.10 Å². The van der Waals surface area contributed by atoms with Gasteiger partial charge < -0.3 is 15.4 Å². The van der Waals surface area contributed by atoms with Crippen LogP contribution in [0.2, 0.25) is 0 Å². The summed E-state index contributed by atoms with van der Waals surface area (Å²) in [6, 6.07) is 3.80. The first kappa shape index (κ1) is 9.18. The fourth-order valence-electron chi connectivity index (χ4n) is 1.64. The van der Waals surface area contributed by atoms with Gasteiger partial charge in [0.1, 0.15) is 5.65 Å². The van der Waals surface area contributed by atoms with Crippen LogP contribution in [0.3, 0.4) is 0 Å². The molecule has 2 rings (SSSR count). The topological polar surface area (TPSA) is 64.1 Å². The van der Waals surface area contributed by atoms with Gasteiger partial charge in [-0.05, 0) is 12.1 Å². The fraction of sp³-hybridized carbons (Fsp3) is 0.300. The number of rotatable bonds is 2. The van der Waals surface area contributed by atoms with Gasteiger partial charge in [0.15, 0.2) is 0 Å². The molecule has 0 aliphatic heterocycles. The highest BCUT2D eigenvalue weighted by atomic mass is 16.3. The summed E-state index contributed by atoms with van der Waals surface area (Å²) in [5.74, 6) is 0. The van der Waals surface area contributed by atoms with Crippen LogP contribution in [-0.2, 0) is 7.05 Å². The van der Waals surface area contributed by atoms with Crippen LogP contribution in [0.25, 0.3) is 11.0 Å². The number of aryl methyl sites for hydroxylation is 1. The van der Waals surface area contributed by atoms with E-state index in [9.17, 15) is 5.11 Å². The van der Waals surface area contributed by atoms with Crippen molar-refractivity contribution in [3.63, 3.8) is 0 Å². The Morgan fingerprint density at radius 2 is 2.43 bits per heavy atom. The van der Waals surface area contributed by atoms with Crippen molar-refractivity contribution in [2.45, 2.75) is 6.10 Å². The van der Waals surface area contributed by atoms with Gasteiger partial charge in [0.05, 0.1) is 6.10 Å². The van der Waals surface area contributed by atoms with Crippen LogP contribution in [0.4, 0.5) is 0 Å². The second-order valence-corrected chi connectivity index (χ2v) is 3.32. The summed E-state index contributed by atoms with van der Waals surface area (Å²) in [5, 5.41) is 10.6. The van der Waals surface area contributed by atoms with E-state index in [1.54, 1.807) is 6.20 Å². The van der Waals surface area contributed by atoms with Crippen molar-refractivity contribution in [1.82, 2.24) is 9.55 Å². The Bertz CT molecular complexity index is 450. The van der Waals surface area contributed by atoms with Crippen LogP contribution in [0.15, 0.2) is 24.5 Å². The number of hydrogen-bond acceptors (Lipinski definition) is 3. The molecule has 0 fully saturated rings. The second-order valence-electron chi connectivity index (χ2n) is 3.32. The first-order chi connectivity index (χ1) is 6.74. The van der Waals surface area contributed by atoms with E-state index in [2.05, 4.69) is 4.98 Å². The Morgan fingerprint density at radius 3 is 3.14 bits per heavy atom. The maximum atomic E-state index is 9.67. The zero-order valence-corrected chi connectivity index (χ0v) is 8.01. The molecule has 0 bridgehead atoms. The second kappa shape index (κ2) is 3.40. The van der Waals surface area contributed by atoms with E-state index in [0.29, 0.717) is 0 Å². The van der Waals surface area contributed by atoms with Crippen molar-refractivity contribution in [2.75, 3.05) is 6.54 Å². The van der Waals surface area contributed by atoms with Crippen molar-refractivity contribution < 1.29 is 5.11 Å². The van der Waals surface area contributed by atoms with Gasteiger partial charge in [-0.1, -0.05) is 0 Å². The molecule has 4 nitrogen and oxygen atoms in total. The van der Waals surface area contributed by atoms with Gasteiger partial charge in [-0.25, -0.2) is 4.98 Å². The van der Waals surface area contributed by atoms with Gasteiger partial charge in [0.2, 0.25) is 0 Å². The van der Waals surface area contributed by atoms with Crippen molar-refractivity contribution >= 4 is 11.0 Å². The molecule has 0 aliphatic rings. The lowest BCUT2D eigenvalue weighted by Gasteiger charge is -2.04. The van der Waals surface area contributed by atoms with Crippen molar-refractivity contribution in [3.05, 3.63) is 30.1 Å². The zero-order valence-electron chi connectivity index (χ0n) is 8.01. The number of aromatic nitrogens is 2. The molecular weight excluding hydrogens is 178 g/mol. The SMILES string of the molecule is Cn1cc([C@H](O)CN)c2cccnc21. The molecule has 3 N–H and O–H groups in total. The summed E-state index contributed by atoms with van der Waals surface area (Å²) < 4.78 is 1.89. The Kier molecular flexibility index (Phi) is 2.23. The van der Waals surface area contributed by atoms with E-state index in [-0.39, 0.29) is 6.54 Å².